The summed E-state index contributed by atoms with van der Waals surface area (Å²) in [4.78, 5) is 44.3. The Labute approximate surface area is 180 Å². The van der Waals surface area contributed by atoms with Gasteiger partial charge in [-0.2, -0.15) is 9.78 Å². The first-order chi connectivity index (χ1) is 15.0. The Morgan fingerprint density at radius 1 is 1.13 bits per heavy atom. The highest BCUT2D eigenvalue weighted by atomic mass is 32.1. The zero-order valence-electron chi connectivity index (χ0n) is 16.4. The molecule has 4 rings (SSSR count). The van der Waals surface area contributed by atoms with Gasteiger partial charge in [-0.1, -0.05) is 36.4 Å². The number of H-pyrrole nitrogens is 1. The molecule has 0 aliphatic carbocycles. The third-order valence-electron chi connectivity index (χ3n) is 4.18. The van der Waals surface area contributed by atoms with Crippen LogP contribution in [0.2, 0.25) is 0 Å². The smallest absolute Gasteiger partial charge is 0.397 e. The molecule has 0 unspecified atom stereocenters. The number of aromatic nitrogens is 4. The van der Waals surface area contributed by atoms with Gasteiger partial charge in [0.1, 0.15) is 11.5 Å². The predicted molar refractivity (Wildman–Crippen MR) is 116 cm³/mol. The zero-order valence-corrected chi connectivity index (χ0v) is 17.2. The lowest BCUT2D eigenvalue weighted by Gasteiger charge is -2.09. The van der Waals surface area contributed by atoms with Crippen molar-refractivity contribution in [2.24, 2.45) is 0 Å². The molecule has 9 nitrogen and oxygen atoms in total. The molecule has 0 saturated carbocycles. The van der Waals surface area contributed by atoms with Crippen LogP contribution in [-0.2, 0) is 14.3 Å². The van der Waals surface area contributed by atoms with Crippen LogP contribution in [0.25, 0.3) is 27.8 Å². The fourth-order valence-electron chi connectivity index (χ4n) is 2.84. The van der Waals surface area contributed by atoms with E-state index in [1.165, 1.54) is 22.1 Å². The zero-order chi connectivity index (χ0) is 21.8. The number of aromatic amines is 1. The lowest BCUT2D eigenvalue weighted by Crippen LogP contribution is -2.26. The Balaban J connectivity index is 1.80. The molecular formula is C21H17N5O4S. The summed E-state index contributed by atoms with van der Waals surface area (Å²) < 4.78 is 6.02. The van der Waals surface area contributed by atoms with E-state index in [9.17, 15) is 14.4 Å². The lowest BCUT2D eigenvalue weighted by atomic mass is 10.1. The number of hydrogen-bond acceptors (Lipinski definition) is 7. The van der Waals surface area contributed by atoms with Crippen molar-refractivity contribution in [3.05, 3.63) is 70.3 Å². The van der Waals surface area contributed by atoms with Gasteiger partial charge in [-0.15, -0.1) is 11.3 Å². The number of amides is 1. The molecule has 0 saturated heterocycles. The second kappa shape index (κ2) is 8.76. The summed E-state index contributed by atoms with van der Waals surface area (Å²) in [5.41, 5.74) is 1.34. The van der Waals surface area contributed by atoms with E-state index < -0.39 is 11.9 Å². The average Bonchev–Trinajstić information content (AvgIpc) is 3.44. The second-order valence-corrected chi connectivity index (χ2v) is 7.25. The Morgan fingerprint density at radius 3 is 2.65 bits per heavy atom. The van der Waals surface area contributed by atoms with Crippen molar-refractivity contribution in [2.45, 2.75) is 6.92 Å². The van der Waals surface area contributed by atoms with E-state index in [1.807, 2.05) is 47.8 Å². The van der Waals surface area contributed by atoms with Crippen molar-refractivity contribution >= 4 is 29.0 Å². The first kappa shape index (κ1) is 20.2. The highest BCUT2D eigenvalue weighted by Gasteiger charge is 2.21. The molecule has 4 aromatic rings. The number of carbonyl (C=O) groups is 2. The average molecular weight is 435 g/mol. The van der Waals surface area contributed by atoms with Crippen molar-refractivity contribution in [1.29, 1.82) is 0 Å². The molecule has 0 spiro atoms. The van der Waals surface area contributed by atoms with E-state index in [0.29, 0.717) is 11.4 Å². The number of carbonyl (C=O) groups excluding carboxylic acids is 2. The molecule has 0 atom stereocenters. The fourth-order valence-corrected chi connectivity index (χ4v) is 3.52. The third-order valence-corrected chi connectivity index (χ3v) is 5.08. The standard InChI is InChI=1S/C21H17N5O4S/c1-2-30-20(29)19(28)23-17-11-15(16-9-6-10-31-16)25-26(17)21-22-14(12-18(27)24-21)13-7-4-3-5-8-13/h3-12H,2H2,1H3,(H,23,28)(H,22,24,27). The van der Waals surface area contributed by atoms with Crippen LogP contribution in [0.4, 0.5) is 5.82 Å². The molecule has 3 aromatic heterocycles. The highest BCUT2D eigenvalue weighted by Crippen LogP contribution is 2.27. The summed E-state index contributed by atoms with van der Waals surface area (Å²) >= 11 is 1.46. The molecule has 156 valence electrons. The fraction of sp³-hybridized carbons (Fsp3) is 0.0952. The summed E-state index contributed by atoms with van der Waals surface area (Å²) in [5.74, 6) is -1.72. The molecule has 0 aliphatic heterocycles. The van der Waals surface area contributed by atoms with Crippen molar-refractivity contribution < 1.29 is 14.3 Å². The van der Waals surface area contributed by atoms with Gasteiger partial charge >= 0.3 is 11.9 Å². The minimum absolute atomic E-state index is 0.0694. The van der Waals surface area contributed by atoms with Crippen LogP contribution in [0.15, 0.2) is 64.8 Å². The number of esters is 1. The molecule has 0 aliphatic rings. The Morgan fingerprint density at radius 2 is 1.94 bits per heavy atom. The summed E-state index contributed by atoms with van der Waals surface area (Å²) in [6.07, 6.45) is 0. The molecule has 31 heavy (non-hydrogen) atoms. The van der Waals surface area contributed by atoms with Gasteiger partial charge in [-0.05, 0) is 18.4 Å². The normalized spacial score (nSPS) is 10.6. The molecule has 1 amide bonds. The van der Waals surface area contributed by atoms with Gasteiger partial charge in [-0.3, -0.25) is 14.6 Å². The number of hydrogen-bond donors (Lipinski definition) is 2. The van der Waals surface area contributed by atoms with Crippen LogP contribution < -0.4 is 10.9 Å². The minimum Gasteiger partial charge on any atom is -0.459 e. The molecular weight excluding hydrogens is 418 g/mol. The number of anilines is 1. The van der Waals surface area contributed by atoms with Crippen molar-refractivity contribution in [3.63, 3.8) is 0 Å². The highest BCUT2D eigenvalue weighted by molar-refractivity contribution is 7.13. The van der Waals surface area contributed by atoms with Gasteiger partial charge in [0.2, 0.25) is 5.95 Å². The first-order valence-electron chi connectivity index (χ1n) is 9.34. The van der Waals surface area contributed by atoms with Gasteiger partial charge in [0, 0.05) is 17.7 Å². The second-order valence-electron chi connectivity index (χ2n) is 6.30. The number of benzene rings is 1. The number of rotatable bonds is 5. The number of nitrogens with one attached hydrogen (secondary N) is 2. The first-order valence-corrected chi connectivity index (χ1v) is 10.2. The topological polar surface area (TPSA) is 119 Å². The third kappa shape index (κ3) is 4.43. The monoisotopic (exact) mass is 435 g/mol. The van der Waals surface area contributed by atoms with Gasteiger partial charge in [0.25, 0.3) is 5.56 Å². The molecule has 1 aromatic carbocycles. The van der Waals surface area contributed by atoms with Gasteiger partial charge in [0.15, 0.2) is 0 Å². The summed E-state index contributed by atoms with van der Waals surface area (Å²) in [6, 6.07) is 15.9. The maximum Gasteiger partial charge on any atom is 0.397 e. The number of nitrogens with zero attached hydrogens (tertiary/aromatic N) is 3. The lowest BCUT2D eigenvalue weighted by molar-refractivity contribution is -0.152. The molecule has 3 heterocycles. The van der Waals surface area contributed by atoms with E-state index >= 15 is 0 Å². The van der Waals surface area contributed by atoms with E-state index in [1.54, 1.807) is 13.0 Å². The van der Waals surface area contributed by atoms with Crippen LogP contribution in [0.5, 0.6) is 0 Å². The van der Waals surface area contributed by atoms with Gasteiger partial charge < -0.3 is 10.1 Å². The minimum atomic E-state index is -1.02. The maximum atomic E-state index is 12.3. The summed E-state index contributed by atoms with van der Waals surface area (Å²) in [6.45, 7) is 1.67. The van der Waals surface area contributed by atoms with E-state index in [0.717, 1.165) is 10.4 Å². The van der Waals surface area contributed by atoms with E-state index in [2.05, 4.69) is 20.4 Å². The SMILES string of the molecule is CCOC(=O)C(=O)Nc1cc(-c2cccs2)nn1-c1nc(-c2ccccc2)cc(=O)[nH]1. The quantitative estimate of drug-likeness (QED) is 0.368. The van der Waals surface area contributed by atoms with Crippen LogP contribution in [0.3, 0.4) is 0 Å². The molecule has 0 fully saturated rings. The molecule has 10 heteroatoms. The Bertz CT molecular complexity index is 1280. The van der Waals surface area contributed by atoms with E-state index in [-0.39, 0.29) is 23.9 Å². The Hall–Kier alpha value is -4.05. The van der Waals surface area contributed by atoms with Crippen molar-refractivity contribution in [1.82, 2.24) is 19.7 Å². The van der Waals surface area contributed by atoms with Crippen molar-refractivity contribution in [2.75, 3.05) is 11.9 Å². The molecule has 0 radical (unpaired) electrons. The van der Waals surface area contributed by atoms with Crippen LogP contribution >= 0.6 is 11.3 Å². The largest absolute Gasteiger partial charge is 0.459 e. The van der Waals surface area contributed by atoms with Gasteiger partial charge in [-0.25, -0.2) is 9.78 Å². The summed E-state index contributed by atoms with van der Waals surface area (Å²) in [7, 11) is 0. The predicted octanol–water partition coefficient (Wildman–Crippen LogP) is 2.85. The maximum absolute atomic E-state index is 12.3. The van der Waals surface area contributed by atoms with E-state index in [4.69, 9.17) is 4.74 Å². The molecule has 2 N–H and O–H groups in total. The van der Waals surface area contributed by atoms with Crippen LogP contribution in [0, 0.1) is 0 Å². The number of thiophene rings is 1. The Kier molecular flexibility index (Phi) is 5.72. The van der Waals surface area contributed by atoms with Crippen LogP contribution in [0.1, 0.15) is 6.92 Å². The van der Waals surface area contributed by atoms with Gasteiger partial charge in [0.05, 0.1) is 17.2 Å². The number of ether oxygens (including phenoxy) is 1. The van der Waals surface area contributed by atoms with Crippen LogP contribution in [-0.4, -0.2) is 38.2 Å². The molecule has 0 bridgehead atoms. The summed E-state index contributed by atoms with van der Waals surface area (Å²) in [5, 5.41) is 8.86. The van der Waals surface area contributed by atoms with Crippen molar-refractivity contribution in [3.8, 4) is 27.8 Å².